The summed E-state index contributed by atoms with van der Waals surface area (Å²) in [5.74, 6) is -0.0313. The Morgan fingerprint density at radius 1 is 1.00 bits per heavy atom. The fraction of sp³-hybridized carbons (Fsp3) is 0. The van der Waals surface area contributed by atoms with E-state index in [1.54, 1.807) is 16.9 Å². The summed E-state index contributed by atoms with van der Waals surface area (Å²) < 4.78 is 7.22. The highest BCUT2D eigenvalue weighted by atomic mass is 16.3. The lowest BCUT2D eigenvalue weighted by Gasteiger charge is -2.06. The maximum atomic E-state index is 12.5. The standard InChI is InChI=1S/C20H13N5O2/c26-20(18-11-14-4-1-2-7-17(14)27-18)22-15-6-3-5-13(10-15)16-8-9-19-23-21-12-25(19)24-16/h1-12H,(H,22,26). The van der Waals surface area contributed by atoms with Crippen molar-refractivity contribution in [2.24, 2.45) is 0 Å². The second kappa shape index (κ2) is 6.06. The number of hydrogen-bond acceptors (Lipinski definition) is 5. The van der Waals surface area contributed by atoms with Gasteiger partial charge in [0.05, 0.1) is 5.69 Å². The van der Waals surface area contributed by atoms with Gasteiger partial charge in [-0.05, 0) is 36.4 Å². The number of amides is 1. The van der Waals surface area contributed by atoms with Crippen molar-refractivity contribution < 1.29 is 9.21 Å². The van der Waals surface area contributed by atoms with E-state index < -0.39 is 0 Å². The van der Waals surface area contributed by atoms with E-state index in [-0.39, 0.29) is 11.7 Å². The summed E-state index contributed by atoms with van der Waals surface area (Å²) in [6, 6.07) is 20.4. The van der Waals surface area contributed by atoms with Crippen molar-refractivity contribution in [1.29, 1.82) is 0 Å². The third-order valence-electron chi connectivity index (χ3n) is 4.23. The number of rotatable bonds is 3. The molecule has 0 spiro atoms. The molecule has 5 rings (SSSR count). The van der Waals surface area contributed by atoms with E-state index in [9.17, 15) is 4.79 Å². The van der Waals surface area contributed by atoms with Gasteiger partial charge in [-0.15, -0.1) is 10.2 Å². The molecule has 130 valence electrons. The monoisotopic (exact) mass is 355 g/mol. The summed E-state index contributed by atoms with van der Waals surface area (Å²) in [6.45, 7) is 0. The van der Waals surface area contributed by atoms with Gasteiger partial charge in [-0.2, -0.15) is 9.61 Å². The number of hydrogen-bond donors (Lipinski definition) is 1. The van der Waals surface area contributed by atoms with E-state index in [0.717, 1.165) is 16.6 Å². The van der Waals surface area contributed by atoms with Crippen LogP contribution >= 0.6 is 0 Å². The van der Waals surface area contributed by atoms with Crippen molar-refractivity contribution in [3.05, 3.63) is 78.8 Å². The lowest BCUT2D eigenvalue weighted by Crippen LogP contribution is -2.10. The Labute approximate surface area is 153 Å². The zero-order chi connectivity index (χ0) is 18.2. The number of carbonyl (C=O) groups excluding carboxylic acids is 1. The van der Waals surface area contributed by atoms with Crippen LogP contribution in [0, 0.1) is 0 Å². The van der Waals surface area contributed by atoms with E-state index >= 15 is 0 Å². The zero-order valence-electron chi connectivity index (χ0n) is 14.0. The number of nitrogens with one attached hydrogen (secondary N) is 1. The first-order valence-corrected chi connectivity index (χ1v) is 8.34. The third kappa shape index (κ3) is 2.81. The van der Waals surface area contributed by atoms with Crippen LogP contribution < -0.4 is 5.32 Å². The molecule has 0 saturated carbocycles. The van der Waals surface area contributed by atoms with Crippen molar-refractivity contribution in [3.8, 4) is 11.3 Å². The maximum absolute atomic E-state index is 12.5. The molecule has 0 atom stereocenters. The van der Waals surface area contributed by atoms with Gasteiger partial charge < -0.3 is 9.73 Å². The highest BCUT2D eigenvalue weighted by Gasteiger charge is 2.13. The minimum atomic E-state index is -0.300. The lowest BCUT2D eigenvalue weighted by atomic mass is 10.1. The summed E-state index contributed by atoms with van der Waals surface area (Å²) in [6.07, 6.45) is 1.55. The smallest absolute Gasteiger partial charge is 0.291 e. The van der Waals surface area contributed by atoms with Gasteiger partial charge in [0.15, 0.2) is 11.4 Å². The Kier molecular flexibility index (Phi) is 3.43. The quantitative estimate of drug-likeness (QED) is 0.532. The van der Waals surface area contributed by atoms with Gasteiger partial charge >= 0.3 is 0 Å². The number of anilines is 1. The van der Waals surface area contributed by atoms with Gasteiger partial charge in [-0.1, -0.05) is 30.3 Å². The van der Waals surface area contributed by atoms with Crippen LogP contribution in [0.3, 0.4) is 0 Å². The largest absolute Gasteiger partial charge is 0.451 e. The van der Waals surface area contributed by atoms with Crippen LogP contribution in [0.4, 0.5) is 5.69 Å². The molecule has 27 heavy (non-hydrogen) atoms. The van der Waals surface area contributed by atoms with Gasteiger partial charge in [0.25, 0.3) is 5.91 Å². The maximum Gasteiger partial charge on any atom is 0.291 e. The Morgan fingerprint density at radius 2 is 1.93 bits per heavy atom. The molecule has 5 aromatic rings. The molecule has 0 aliphatic heterocycles. The van der Waals surface area contributed by atoms with E-state index in [1.807, 2.05) is 60.7 Å². The molecule has 0 radical (unpaired) electrons. The third-order valence-corrected chi connectivity index (χ3v) is 4.23. The number of para-hydroxylation sites is 1. The highest BCUT2D eigenvalue weighted by Crippen LogP contribution is 2.23. The minimum absolute atomic E-state index is 0.269. The van der Waals surface area contributed by atoms with Crippen LogP contribution in [0.25, 0.3) is 27.9 Å². The molecule has 7 nitrogen and oxygen atoms in total. The number of benzene rings is 2. The second-order valence-corrected chi connectivity index (χ2v) is 6.04. The number of carbonyl (C=O) groups is 1. The molecule has 0 aliphatic carbocycles. The number of fused-ring (bicyclic) bond motifs is 2. The normalized spacial score (nSPS) is 11.1. The van der Waals surface area contributed by atoms with Crippen LogP contribution in [0.1, 0.15) is 10.6 Å². The van der Waals surface area contributed by atoms with E-state index in [4.69, 9.17) is 4.42 Å². The Bertz CT molecular complexity index is 1250. The van der Waals surface area contributed by atoms with Crippen molar-refractivity contribution in [1.82, 2.24) is 19.8 Å². The van der Waals surface area contributed by atoms with Crippen LogP contribution in [-0.4, -0.2) is 25.7 Å². The summed E-state index contributed by atoms with van der Waals surface area (Å²) >= 11 is 0. The number of furan rings is 1. The summed E-state index contributed by atoms with van der Waals surface area (Å²) in [5, 5.41) is 16.0. The Morgan fingerprint density at radius 3 is 2.85 bits per heavy atom. The summed E-state index contributed by atoms with van der Waals surface area (Å²) in [4.78, 5) is 12.5. The SMILES string of the molecule is O=C(Nc1cccc(-c2ccc3nncn3n2)c1)c1cc2ccccc2o1. The van der Waals surface area contributed by atoms with E-state index in [0.29, 0.717) is 16.9 Å². The number of nitrogens with zero attached hydrogens (tertiary/aromatic N) is 4. The molecule has 0 aliphatic rings. The van der Waals surface area contributed by atoms with Gasteiger partial charge in [0.2, 0.25) is 0 Å². The van der Waals surface area contributed by atoms with E-state index in [2.05, 4.69) is 20.6 Å². The van der Waals surface area contributed by atoms with Crippen LogP contribution in [-0.2, 0) is 0 Å². The van der Waals surface area contributed by atoms with Crippen molar-refractivity contribution >= 4 is 28.2 Å². The average Bonchev–Trinajstić information content (AvgIpc) is 3.34. The Balaban J connectivity index is 1.43. The Hall–Kier alpha value is -4.00. The van der Waals surface area contributed by atoms with Crippen LogP contribution in [0.15, 0.2) is 77.5 Å². The molecule has 0 bridgehead atoms. The molecule has 3 aromatic heterocycles. The minimum Gasteiger partial charge on any atom is -0.451 e. The molecule has 7 heteroatoms. The first-order valence-electron chi connectivity index (χ1n) is 8.34. The van der Waals surface area contributed by atoms with Crippen molar-refractivity contribution in [2.45, 2.75) is 0 Å². The first kappa shape index (κ1) is 15.3. The van der Waals surface area contributed by atoms with Gasteiger partial charge in [0.1, 0.15) is 11.9 Å². The van der Waals surface area contributed by atoms with Crippen molar-refractivity contribution in [2.75, 3.05) is 5.32 Å². The molecular weight excluding hydrogens is 342 g/mol. The van der Waals surface area contributed by atoms with Crippen LogP contribution in [0.5, 0.6) is 0 Å². The van der Waals surface area contributed by atoms with Crippen molar-refractivity contribution in [3.63, 3.8) is 0 Å². The topological polar surface area (TPSA) is 85.3 Å². The molecule has 0 saturated heterocycles. The van der Waals surface area contributed by atoms with Gasteiger partial charge in [-0.3, -0.25) is 4.79 Å². The zero-order valence-corrected chi connectivity index (χ0v) is 14.0. The highest BCUT2D eigenvalue weighted by molar-refractivity contribution is 6.04. The summed E-state index contributed by atoms with van der Waals surface area (Å²) in [7, 11) is 0. The van der Waals surface area contributed by atoms with E-state index in [1.165, 1.54) is 0 Å². The van der Waals surface area contributed by atoms with Crippen LogP contribution in [0.2, 0.25) is 0 Å². The fourth-order valence-electron chi connectivity index (χ4n) is 2.93. The van der Waals surface area contributed by atoms with Gasteiger partial charge in [-0.25, -0.2) is 0 Å². The fourth-order valence-corrected chi connectivity index (χ4v) is 2.93. The molecule has 1 amide bonds. The summed E-state index contributed by atoms with van der Waals surface area (Å²) in [5.41, 5.74) is 3.63. The predicted octanol–water partition coefficient (Wildman–Crippen LogP) is 3.79. The molecule has 3 heterocycles. The molecule has 0 unspecified atom stereocenters. The molecule has 0 fully saturated rings. The van der Waals surface area contributed by atoms with Gasteiger partial charge in [0, 0.05) is 16.6 Å². The second-order valence-electron chi connectivity index (χ2n) is 6.04. The molecular formula is C20H13N5O2. The first-order chi connectivity index (χ1) is 13.3. The predicted molar refractivity (Wildman–Crippen MR) is 100 cm³/mol. The molecule has 2 aromatic carbocycles. The molecule has 1 N–H and O–H groups in total. The average molecular weight is 355 g/mol. The lowest BCUT2D eigenvalue weighted by molar-refractivity contribution is 0.0998. The number of aromatic nitrogens is 4.